The second kappa shape index (κ2) is 8.13. The summed E-state index contributed by atoms with van der Waals surface area (Å²) < 4.78 is 47.5. The van der Waals surface area contributed by atoms with Crippen molar-refractivity contribution in [3.63, 3.8) is 0 Å². The standard InChI is InChI=1S/C21H19F3N6O/c1-14-10-29(12-25-14)18-7-6-17(9-19(18)31-2)27-20-26-13-30(28-20)11-15-4-3-5-16(8-15)21(22,23)24/h3-10,12-13H,11H2,1-2H3,(H,27,28). The van der Waals surface area contributed by atoms with Crippen LogP contribution < -0.4 is 10.1 Å². The van der Waals surface area contributed by atoms with E-state index in [0.717, 1.165) is 23.5 Å². The molecule has 0 aliphatic heterocycles. The van der Waals surface area contributed by atoms with Crippen LogP contribution >= 0.6 is 0 Å². The Labute approximate surface area is 176 Å². The van der Waals surface area contributed by atoms with E-state index in [1.807, 2.05) is 29.8 Å². The average molecular weight is 428 g/mol. The maximum atomic E-state index is 12.9. The number of aryl methyl sites for hydroxylation is 1. The summed E-state index contributed by atoms with van der Waals surface area (Å²) in [5.41, 5.74) is 2.21. The van der Waals surface area contributed by atoms with Gasteiger partial charge in [0.15, 0.2) is 0 Å². The molecule has 0 spiro atoms. The van der Waals surface area contributed by atoms with E-state index in [1.165, 1.54) is 17.1 Å². The number of halogens is 3. The molecule has 2 aromatic carbocycles. The van der Waals surface area contributed by atoms with Crippen molar-refractivity contribution >= 4 is 11.6 Å². The molecule has 7 nitrogen and oxygen atoms in total. The van der Waals surface area contributed by atoms with Crippen molar-refractivity contribution in [2.75, 3.05) is 12.4 Å². The highest BCUT2D eigenvalue weighted by atomic mass is 19.4. The summed E-state index contributed by atoms with van der Waals surface area (Å²) in [4.78, 5) is 8.40. The number of hydrogen-bond donors (Lipinski definition) is 1. The van der Waals surface area contributed by atoms with Crippen LogP contribution in [0.15, 0.2) is 61.3 Å². The summed E-state index contributed by atoms with van der Waals surface area (Å²) in [6.45, 7) is 2.07. The molecule has 0 atom stereocenters. The van der Waals surface area contributed by atoms with E-state index >= 15 is 0 Å². The summed E-state index contributed by atoms with van der Waals surface area (Å²) in [5.74, 6) is 0.950. The number of ether oxygens (including phenoxy) is 1. The van der Waals surface area contributed by atoms with Gasteiger partial charge in [-0.2, -0.15) is 13.2 Å². The summed E-state index contributed by atoms with van der Waals surface area (Å²) in [6, 6.07) is 10.7. The molecule has 0 fully saturated rings. The first-order valence-electron chi connectivity index (χ1n) is 9.33. The largest absolute Gasteiger partial charge is 0.494 e. The molecule has 31 heavy (non-hydrogen) atoms. The smallest absolute Gasteiger partial charge is 0.416 e. The van der Waals surface area contributed by atoms with Gasteiger partial charge in [-0.15, -0.1) is 5.10 Å². The summed E-state index contributed by atoms with van der Waals surface area (Å²) in [5, 5.41) is 7.37. The number of imidazole rings is 1. The van der Waals surface area contributed by atoms with Crippen molar-refractivity contribution in [2.24, 2.45) is 0 Å². The lowest BCUT2D eigenvalue weighted by molar-refractivity contribution is -0.137. The first-order chi connectivity index (χ1) is 14.8. The number of methoxy groups -OCH3 is 1. The zero-order valence-electron chi connectivity index (χ0n) is 16.8. The topological polar surface area (TPSA) is 69.8 Å². The van der Waals surface area contributed by atoms with Crippen molar-refractivity contribution in [1.82, 2.24) is 24.3 Å². The highest BCUT2D eigenvalue weighted by Crippen LogP contribution is 2.30. The van der Waals surface area contributed by atoms with Crippen molar-refractivity contribution in [2.45, 2.75) is 19.6 Å². The molecule has 4 rings (SSSR count). The zero-order valence-corrected chi connectivity index (χ0v) is 16.8. The summed E-state index contributed by atoms with van der Waals surface area (Å²) >= 11 is 0. The second-order valence-corrected chi connectivity index (χ2v) is 6.90. The summed E-state index contributed by atoms with van der Waals surface area (Å²) in [7, 11) is 1.58. The average Bonchev–Trinajstić information content (AvgIpc) is 3.36. The van der Waals surface area contributed by atoms with Gasteiger partial charge in [0.2, 0.25) is 5.95 Å². The Kier molecular flexibility index (Phi) is 5.37. The highest BCUT2D eigenvalue weighted by Gasteiger charge is 2.30. The molecule has 0 aliphatic carbocycles. The Morgan fingerprint density at radius 2 is 1.90 bits per heavy atom. The number of aromatic nitrogens is 5. The SMILES string of the molecule is COc1cc(Nc2ncn(Cc3cccc(C(F)(F)F)c3)n2)ccc1-n1cnc(C)c1. The lowest BCUT2D eigenvalue weighted by Gasteiger charge is -2.11. The Hall–Kier alpha value is -3.82. The molecule has 1 N–H and O–H groups in total. The van der Waals surface area contributed by atoms with Gasteiger partial charge in [-0.3, -0.25) is 0 Å². The molecule has 160 valence electrons. The van der Waals surface area contributed by atoms with Crippen molar-refractivity contribution in [3.05, 3.63) is 78.1 Å². The van der Waals surface area contributed by atoms with Crippen LogP contribution in [0.3, 0.4) is 0 Å². The van der Waals surface area contributed by atoms with Crippen LogP contribution in [-0.2, 0) is 12.7 Å². The molecular weight excluding hydrogens is 409 g/mol. The van der Waals surface area contributed by atoms with Crippen LogP contribution in [-0.4, -0.2) is 31.4 Å². The number of nitrogens with one attached hydrogen (secondary N) is 1. The lowest BCUT2D eigenvalue weighted by Crippen LogP contribution is -2.07. The minimum absolute atomic E-state index is 0.167. The number of benzene rings is 2. The van der Waals surface area contributed by atoms with Crippen molar-refractivity contribution in [3.8, 4) is 11.4 Å². The minimum atomic E-state index is -4.38. The van der Waals surface area contributed by atoms with Crippen molar-refractivity contribution < 1.29 is 17.9 Å². The predicted molar refractivity (Wildman–Crippen MR) is 109 cm³/mol. The highest BCUT2D eigenvalue weighted by molar-refractivity contribution is 5.61. The second-order valence-electron chi connectivity index (χ2n) is 6.90. The number of nitrogens with zero attached hydrogens (tertiary/aromatic N) is 5. The van der Waals surface area contributed by atoms with Gasteiger partial charge < -0.3 is 14.6 Å². The van der Waals surface area contributed by atoms with Gasteiger partial charge in [-0.25, -0.2) is 14.6 Å². The van der Waals surface area contributed by atoms with Gasteiger partial charge in [0.1, 0.15) is 12.1 Å². The maximum Gasteiger partial charge on any atom is 0.416 e. The normalized spacial score (nSPS) is 11.5. The molecule has 0 bridgehead atoms. The first-order valence-corrected chi connectivity index (χ1v) is 9.33. The van der Waals surface area contributed by atoms with Gasteiger partial charge in [0.05, 0.1) is 36.9 Å². The molecule has 0 saturated carbocycles. The lowest BCUT2D eigenvalue weighted by atomic mass is 10.1. The number of rotatable bonds is 6. The number of anilines is 2. The van der Waals surface area contributed by atoms with E-state index in [2.05, 4.69) is 20.4 Å². The van der Waals surface area contributed by atoms with Gasteiger partial charge in [-0.1, -0.05) is 12.1 Å². The number of alkyl halides is 3. The molecule has 0 unspecified atom stereocenters. The third kappa shape index (κ3) is 4.68. The van der Waals surface area contributed by atoms with E-state index in [4.69, 9.17) is 4.74 Å². The van der Waals surface area contributed by atoms with Gasteiger partial charge >= 0.3 is 6.18 Å². The van der Waals surface area contributed by atoms with Crippen LogP contribution in [0.25, 0.3) is 5.69 Å². The van der Waals surface area contributed by atoms with Crippen LogP contribution in [0, 0.1) is 6.92 Å². The predicted octanol–water partition coefficient (Wildman–Crippen LogP) is 4.59. The molecule has 2 aromatic heterocycles. The quantitative estimate of drug-likeness (QED) is 0.486. The van der Waals surface area contributed by atoms with Crippen molar-refractivity contribution in [1.29, 1.82) is 0 Å². The Bertz CT molecular complexity index is 1200. The molecule has 4 aromatic rings. The summed E-state index contributed by atoms with van der Waals surface area (Å²) in [6.07, 6.45) is 0.674. The maximum absolute atomic E-state index is 12.9. The van der Waals surface area contributed by atoms with Crippen LogP contribution in [0.5, 0.6) is 5.75 Å². The Morgan fingerprint density at radius 1 is 1.06 bits per heavy atom. The van der Waals surface area contributed by atoms with Crippen LogP contribution in [0.4, 0.5) is 24.8 Å². The minimum Gasteiger partial charge on any atom is -0.494 e. The monoisotopic (exact) mass is 428 g/mol. The molecular formula is C21H19F3N6O. The third-order valence-electron chi connectivity index (χ3n) is 4.56. The third-order valence-corrected chi connectivity index (χ3v) is 4.56. The molecule has 10 heteroatoms. The van der Waals surface area contributed by atoms with E-state index in [0.29, 0.717) is 22.9 Å². The molecule has 0 amide bonds. The fraction of sp³-hybridized carbons (Fsp3) is 0.190. The molecule has 2 heterocycles. The van der Waals surface area contributed by atoms with Gasteiger partial charge in [0.25, 0.3) is 0 Å². The Morgan fingerprint density at radius 3 is 2.61 bits per heavy atom. The number of hydrogen-bond acceptors (Lipinski definition) is 5. The van der Waals surface area contributed by atoms with E-state index < -0.39 is 11.7 Å². The fourth-order valence-corrected chi connectivity index (χ4v) is 3.11. The first kappa shape index (κ1) is 20.5. The fourth-order valence-electron chi connectivity index (χ4n) is 3.11. The molecule has 0 saturated heterocycles. The zero-order chi connectivity index (χ0) is 22.0. The molecule has 0 radical (unpaired) electrons. The van der Waals surface area contributed by atoms with E-state index in [-0.39, 0.29) is 6.54 Å². The van der Waals surface area contributed by atoms with Crippen LogP contribution in [0.1, 0.15) is 16.8 Å². The molecule has 0 aliphatic rings. The Balaban J connectivity index is 1.49. The van der Waals surface area contributed by atoms with E-state index in [1.54, 1.807) is 25.6 Å². The van der Waals surface area contributed by atoms with Gasteiger partial charge in [0, 0.05) is 18.0 Å². The van der Waals surface area contributed by atoms with Gasteiger partial charge in [-0.05, 0) is 36.8 Å². The van der Waals surface area contributed by atoms with Crippen LogP contribution in [0.2, 0.25) is 0 Å². The van der Waals surface area contributed by atoms with E-state index in [9.17, 15) is 13.2 Å².